The van der Waals surface area contributed by atoms with Crippen molar-refractivity contribution < 1.29 is 17.2 Å². The van der Waals surface area contributed by atoms with Crippen LogP contribution in [0.1, 0.15) is 5.56 Å². The van der Waals surface area contributed by atoms with Crippen molar-refractivity contribution >= 4 is 31.5 Å². The Morgan fingerprint density at radius 3 is 2.38 bits per heavy atom. The second-order valence-electron chi connectivity index (χ2n) is 4.52. The minimum Gasteiger partial charge on any atom is -0.379 e. The summed E-state index contributed by atoms with van der Waals surface area (Å²) < 4.78 is 50.0. The molecule has 2 rings (SSSR count). The SMILES string of the molecule is CS(=O)(=O)c1ccc(F)c(NCc2ccc(F)c(Br)c2)c1. The van der Waals surface area contributed by atoms with E-state index in [0.717, 1.165) is 17.9 Å². The van der Waals surface area contributed by atoms with E-state index in [-0.39, 0.29) is 22.9 Å². The topological polar surface area (TPSA) is 46.2 Å². The monoisotopic (exact) mass is 375 g/mol. The number of sulfone groups is 1. The average Bonchev–Trinajstić information content (AvgIpc) is 2.40. The van der Waals surface area contributed by atoms with Gasteiger partial charge in [-0.3, -0.25) is 0 Å². The van der Waals surface area contributed by atoms with Gasteiger partial charge in [-0.05, 0) is 51.8 Å². The minimum atomic E-state index is -3.40. The summed E-state index contributed by atoms with van der Waals surface area (Å²) in [6, 6.07) is 7.98. The fourth-order valence-electron chi connectivity index (χ4n) is 1.72. The van der Waals surface area contributed by atoms with Crippen LogP contribution in [-0.2, 0) is 16.4 Å². The third-order valence-corrected chi connectivity index (χ3v) is 4.55. The van der Waals surface area contributed by atoms with Crippen molar-refractivity contribution in [1.82, 2.24) is 0 Å². The molecule has 0 bridgehead atoms. The van der Waals surface area contributed by atoms with Gasteiger partial charge in [0.1, 0.15) is 11.6 Å². The van der Waals surface area contributed by atoms with E-state index in [2.05, 4.69) is 21.2 Å². The highest BCUT2D eigenvalue weighted by Crippen LogP contribution is 2.21. The number of nitrogens with one attached hydrogen (secondary N) is 1. The van der Waals surface area contributed by atoms with Gasteiger partial charge in [0.05, 0.1) is 15.1 Å². The van der Waals surface area contributed by atoms with Crippen molar-refractivity contribution in [3.63, 3.8) is 0 Å². The maximum Gasteiger partial charge on any atom is 0.175 e. The highest BCUT2D eigenvalue weighted by Gasteiger charge is 2.11. The Bertz CT molecular complexity index is 779. The van der Waals surface area contributed by atoms with E-state index in [4.69, 9.17) is 0 Å². The molecule has 7 heteroatoms. The largest absolute Gasteiger partial charge is 0.379 e. The Balaban J connectivity index is 2.21. The molecule has 21 heavy (non-hydrogen) atoms. The average molecular weight is 376 g/mol. The summed E-state index contributed by atoms with van der Waals surface area (Å²) in [5.74, 6) is -0.937. The fraction of sp³-hybridized carbons (Fsp3) is 0.143. The molecule has 0 aliphatic rings. The van der Waals surface area contributed by atoms with E-state index in [1.807, 2.05) is 0 Å². The van der Waals surface area contributed by atoms with Crippen molar-refractivity contribution in [2.24, 2.45) is 0 Å². The maximum atomic E-state index is 13.7. The van der Waals surface area contributed by atoms with E-state index in [0.29, 0.717) is 4.47 Å². The van der Waals surface area contributed by atoms with Crippen LogP contribution in [0.25, 0.3) is 0 Å². The first-order chi connectivity index (χ1) is 9.77. The van der Waals surface area contributed by atoms with Crippen LogP contribution in [0.4, 0.5) is 14.5 Å². The summed E-state index contributed by atoms with van der Waals surface area (Å²) in [7, 11) is -3.40. The van der Waals surface area contributed by atoms with E-state index in [9.17, 15) is 17.2 Å². The Kier molecular flexibility index (Phi) is 4.63. The number of halogens is 3. The molecule has 0 heterocycles. The number of hydrogen-bond donors (Lipinski definition) is 1. The van der Waals surface area contributed by atoms with Gasteiger partial charge in [-0.25, -0.2) is 17.2 Å². The lowest BCUT2D eigenvalue weighted by Crippen LogP contribution is -2.04. The number of anilines is 1. The highest BCUT2D eigenvalue weighted by molar-refractivity contribution is 9.10. The predicted molar refractivity (Wildman–Crippen MR) is 80.9 cm³/mol. The molecule has 112 valence electrons. The third-order valence-electron chi connectivity index (χ3n) is 2.83. The summed E-state index contributed by atoms with van der Waals surface area (Å²) in [5, 5.41) is 2.81. The molecule has 3 nitrogen and oxygen atoms in total. The van der Waals surface area contributed by atoms with E-state index < -0.39 is 15.7 Å². The maximum absolute atomic E-state index is 13.7. The van der Waals surface area contributed by atoms with Crippen molar-refractivity contribution in [3.05, 3.63) is 58.1 Å². The predicted octanol–water partition coefficient (Wildman–Crippen LogP) is 3.74. The Hall–Kier alpha value is -1.47. The molecule has 0 radical (unpaired) electrons. The lowest BCUT2D eigenvalue weighted by molar-refractivity contribution is 0.600. The van der Waals surface area contributed by atoms with Gasteiger partial charge in [0, 0.05) is 12.8 Å². The molecule has 0 fully saturated rings. The number of rotatable bonds is 4. The minimum absolute atomic E-state index is 0.0340. The standard InChI is InChI=1S/C14H12BrF2NO2S/c1-21(19,20)10-3-5-13(17)14(7-10)18-8-9-2-4-12(16)11(15)6-9/h2-7,18H,8H2,1H3. The van der Waals surface area contributed by atoms with Gasteiger partial charge in [0.25, 0.3) is 0 Å². The van der Waals surface area contributed by atoms with Crippen molar-refractivity contribution in [1.29, 1.82) is 0 Å². The molecule has 0 aliphatic heterocycles. The van der Waals surface area contributed by atoms with Crippen LogP contribution in [0.2, 0.25) is 0 Å². The smallest absolute Gasteiger partial charge is 0.175 e. The summed E-state index contributed by atoms with van der Waals surface area (Å²) >= 11 is 3.07. The molecule has 0 amide bonds. The van der Waals surface area contributed by atoms with Crippen LogP contribution in [0.5, 0.6) is 0 Å². The lowest BCUT2D eigenvalue weighted by Gasteiger charge is -2.10. The number of benzene rings is 2. The van der Waals surface area contributed by atoms with Crippen molar-refractivity contribution in [3.8, 4) is 0 Å². The number of hydrogen-bond acceptors (Lipinski definition) is 3. The van der Waals surface area contributed by atoms with Gasteiger partial charge in [0.2, 0.25) is 0 Å². The van der Waals surface area contributed by atoms with Gasteiger partial charge < -0.3 is 5.32 Å². The van der Waals surface area contributed by atoms with Crippen LogP contribution in [0.15, 0.2) is 45.8 Å². The van der Waals surface area contributed by atoms with Gasteiger partial charge in [-0.2, -0.15) is 0 Å². The first-order valence-electron chi connectivity index (χ1n) is 5.95. The fourth-order valence-corrected chi connectivity index (χ4v) is 2.79. The molecule has 0 aliphatic carbocycles. The summed E-state index contributed by atoms with van der Waals surface area (Å²) in [6.07, 6.45) is 1.06. The zero-order valence-electron chi connectivity index (χ0n) is 11.0. The Morgan fingerprint density at radius 1 is 1.10 bits per heavy atom. The molecule has 2 aromatic carbocycles. The Labute approximate surface area is 130 Å². The van der Waals surface area contributed by atoms with Crippen molar-refractivity contribution in [2.75, 3.05) is 11.6 Å². The quantitative estimate of drug-likeness (QED) is 0.827. The van der Waals surface area contributed by atoms with Crippen LogP contribution in [0, 0.1) is 11.6 Å². The molecule has 0 spiro atoms. The first-order valence-corrected chi connectivity index (χ1v) is 8.63. The zero-order valence-corrected chi connectivity index (χ0v) is 13.4. The third kappa shape index (κ3) is 4.01. The molecule has 1 N–H and O–H groups in total. The normalized spacial score (nSPS) is 11.4. The van der Waals surface area contributed by atoms with Crippen LogP contribution in [0.3, 0.4) is 0 Å². The summed E-state index contributed by atoms with van der Waals surface area (Å²) in [5.41, 5.74) is 0.811. The molecular formula is C14H12BrF2NO2S. The zero-order chi connectivity index (χ0) is 15.6. The van der Waals surface area contributed by atoms with Gasteiger partial charge in [-0.15, -0.1) is 0 Å². The van der Waals surface area contributed by atoms with Crippen molar-refractivity contribution in [2.45, 2.75) is 11.4 Å². The van der Waals surface area contributed by atoms with Crippen LogP contribution >= 0.6 is 15.9 Å². The van der Waals surface area contributed by atoms with Crippen LogP contribution < -0.4 is 5.32 Å². The second kappa shape index (κ2) is 6.11. The molecule has 0 aromatic heterocycles. The lowest BCUT2D eigenvalue weighted by atomic mass is 10.2. The van der Waals surface area contributed by atoms with E-state index in [1.54, 1.807) is 12.1 Å². The molecule has 0 unspecified atom stereocenters. The van der Waals surface area contributed by atoms with E-state index in [1.165, 1.54) is 18.2 Å². The van der Waals surface area contributed by atoms with Gasteiger partial charge in [-0.1, -0.05) is 6.07 Å². The van der Waals surface area contributed by atoms with Crippen LogP contribution in [-0.4, -0.2) is 14.7 Å². The highest BCUT2D eigenvalue weighted by atomic mass is 79.9. The van der Waals surface area contributed by atoms with Gasteiger partial charge >= 0.3 is 0 Å². The molecule has 0 saturated carbocycles. The summed E-state index contributed by atoms with van der Waals surface area (Å²) in [6.45, 7) is 0.239. The molecule has 2 aromatic rings. The first kappa shape index (κ1) is 15.9. The second-order valence-corrected chi connectivity index (χ2v) is 7.39. The molecular weight excluding hydrogens is 364 g/mol. The molecule has 0 atom stereocenters. The summed E-state index contributed by atoms with van der Waals surface area (Å²) in [4.78, 5) is 0.0340. The van der Waals surface area contributed by atoms with Gasteiger partial charge in [0.15, 0.2) is 9.84 Å². The van der Waals surface area contributed by atoms with E-state index >= 15 is 0 Å². The molecule has 0 saturated heterocycles. The Morgan fingerprint density at radius 2 is 1.76 bits per heavy atom.